The number of amides is 1. The third kappa shape index (κ3) is 3.50. The Balaban J connectivity index is 1.72. The SMILES string of the molecule is Cn1ncnc1NC(=O)COC1CCNCC1. The minimum absolute atomic E-state index is 0.0670. The number of nitrogens with one attached hydrogen (secondary N) is 2. The van der Waals surface area contributed by atoms with E-state index in [0.717, 1.165) is 25.9 Å². The summed E-state index contributed by atoms with van der Waals surface area (Å²) in [5.74, 6) is 0.239. The largest absolute Gasteiger partial charge is 0.368 e. The Bertz CT molecular complexity index is 373. The van der Waals surface area contributed by atoms with Crippen LogP contribution in [0.1, 0.15) is 12.8 Å². The van der Waals surface area contributed by atoms with Crippen molar-refractivity contribution >= 4 is 11.9 Å². The van der Waals surface area contributed by atoms with Crippen LogP contribution >= 0.6 is 0 Å². The highest BCUT2D eigenvalue weighted by atomic mass is 16.5. The van der Waals surface area contributed by atoms with Gasteiger partial charge in [-0.2, -0.15) is 10.1 Å². The maximum absolute atomic E-state index is 11.6. The van der Waals surface area contributed by atoms with Gasteiger partial charge in [0, 0.05) is 7.05 Å². The Morgan fingerprint density at radius 2 is 2.41 bits per heavy atom. The summed E-state index contributed by atoms with van der Waals surface area (Å²) in [7, 11) is 1.72. The lowest BCUT2D eigenvalue weighted by atomic mass is 10.1. The van der Waals surface area contributed by atoms with E-state index in [1.807, 2.05) is 0 Å². The lowest BCUT2D eigenvalue weighted by Crippen LogP contribution is -2.34. The molecular weight excluding hydrogens is 222 g/mol. The first kappa shape index (κ1) is 12.0. The van der Waals surface area contributed by atoms with E-state index in [9.17, 15) is 4.79 Å². The van der Waals surface area contributed by atoms with Crippen LogP contribution in [0.3, 0.4) is 0 Å². The van der Waals surface area contributed by atoms with Gasteiger partial charge in [-0.25, -0.2) is 4.68 Å². The first-order valence-electron chi connectivity index (χ1n) is 5.72. The fraction of sp³-hybridized carbons (Fsp3) is 0.700. The van der Waals surface area contributed by atoms with Gasteiger partial charge in [-0.3, -0.25) is 10.1 Å². The molecule has 0 saturated carbocycles. The molecule has 1 fully saturated rings. The summed E-state index contributed by atoms with van der Waals surface area (Å²) in [6.45, 7) is 1.97. The van der Waals surface area contributed by atoms with Crippen molar-refractivity contribution in [3.05, 3.63) is 6.33 Å². The summed E-state index contributed by atoms with van der Waals surface area (Å²) in [5.41, 5.74) is 0. The number of anilines is 1. The van der Waals surface area contributed by atoms with Crippen molar-refractivity contribution in [3.8, 4) is 0 Å². The molecule has 0 aliphatic carbocycles. The molecular formula is C10H17N5O2. The molecule has 2 heterocycles. The summed E-state index contributed by atoms with van der Waals surface area (Å²) in [5, 5.41) is 9.75. The molecule has 0 bridgehead atoms. The van der Waals surface area contributed by atoms with E-state index < -0.39 is 0 Å². The molecule has 1 aromatic heterocycles. The molecule has 0 atom stereocenters. The molecule has 1 aliphatic heterocycles. The van der Waals surface area contributed by atoms with Gasteiger partial charge in [0.05, 0.1) is 6.10 Å². The predicted molar refractivity (Wildman–Crippen MR) is 61.5 cm³/mol. The summed E-state index contributed by atoms with van der Waals surface area (Å²) in [6.07, 6.45) is 3.49. The average Bonchev–Trinajstić information content (AvgIpc) is 2.74. The van der Waals surface area contributed by atoms with Gasteiger partial charge in [-0.15, -0.1) is 0 Å². The van der Waals surface area contributed by atoms with E-state index in [1.165, 1.54) is 11.0 Å². The highest BCUT2D eigenvalue weighted by Gasteiger charge is 2.15. The lowest BCUT2D eigenvalue weighted by Gasteiger charge is -2.22. The maximum atomic E-state index is 11.6. The Kier molecular flexibility index (Phi) is 4.05. The molecule has 17 heavy (non-hydrogen) atoms. The average molecular weight is 239 g/mol. The molecule has 1 amide bonds. The van der Waals surface area contributed by atoms with Gasteiger partial charge in [0.2, 0.25) is 5.95 Å². The number of hydrogen-bond acceptors (Lipinski definition) is 5. The van der Waals surface area contributed by atoms with Crippen molar-refractivity contribution in [2.45, 2.75) is 18.9 Å². The van der Waals surface area contributed by atoms with Crippen LogP contribution in [0.2, 0.25) is 0 Å². The van der Waals surface area contributed by atoms with Gasteiger partial charge < -0.3 is 10.1 Å². The quantitative estimate of drug-likeness (QED) is 0.742. The molecule has 0 unspecified atom stereocenters. The van der Waals surface area contributed by atoms with Crippen LogP contribution in [0.25, 0.3) is 0 Å². The zero-order valence-electron chi connectivity index (χ0n) is 9.85. The van der Waals surface area contributed by atoms with Crippen molar-refractivity contribution in [3.63, 3.8) is 0 Å². The number of nitrogens with zero attached hydrogens (tertiary/aromatic N) is 3. The smallest absolute Gasteiger partial charge is 0.252 e. The molecule has 1 aromatic rings. The lowest BCUT2D eigenvalue weighted by molar-refractivity contribution is -0.123. The first-order valence-corrected chi connectivity index (χ1v) is 5.72. The van der Waals surface area contributed by atoms with Crippen LogP contribution in [0, 0.1) is 0 Å². The zero-order valence-corrected chi connectivity index (χ0v) is 9.85. The van der Waals surface area contributed by atoms with E-state index >= 15 is 0 Å². The minimum atomic E-state index is -0.195. The summed E-state index contributed by atoms with van der Waals surface area (Å²) in [4.78, 5) is 15.5. The van der Waals surface area contributed by atoms with Gasteiger partial charge >= 0.3 is 0 Å². The summed E-state index contributed by atoms with van der Waals surface area (Å²) in [6, 6.07) is 0. The number of carbonyl (C=O) groups is 1. The monoisotopic (exact) mass is 239 g/mol. The van der Waals surface area contributed by atoms with Crippen molar-refractivity contribution in [1.82, 2.24) is 20.1 Å². The van der Waals surface area contributed by atoms with Gasteiger partial charge in [-0.1, -0.05) is 0 Å². The second-order valence-corrected chi connectivity index (χ2v) is 4.02. The van der Waals surface area contributed by atoms with E-state index in [-0.39, 0.29) is 18.6 Å². The Hall–Kier alpha value is -1.47. The fourth-order valence-corrected chi connectivity index (χ4v) is 1.73. The van der Waals surface area contributed by atoms with Crippen LogP contribution in [-0.2, 0) is 16.6 Å². The third-order valence-electron chi connectivity index (χ3n) is 2.70. The van der Waals surface area contributed by atoms with E-state index in [4.69, 9.17) is 4.74 Å². The number of rotatable bonds is 4. The van der Waals surface area contributed by atoms with E-state index in [2.05, 4.69) is 20.7 Å². The van der Waals surface area contributed by atoms with Crippen LogP contribution < -0.4 is 10.6 Å². The van der Waals surface area contributed by atoms with Crippen LogP contribution in [-0.4, -0.2) is 46.5 Å². The normalized spacial score (nSPS) is 17.0. The predicted octanol–water partition coefficient (Wildman–Crippen LogP) is -0.478. The first-order chi connectivity index (χ1) is 8.25. The standard InChI is InChI=1S/C10H17N5O2/c1-15-10(12-7-13-15)14-9(16)6-17-8-2-4-11-5-3-8/h7-8,11H,2-6H2,1H3,(H,12,13,14,16). The number of aromatic nitrogens is 3. The molecule has 0 radical (unpaired) electrons. The highest BCUT2D eigenvalue weighted by molar-refractivity contribution is 5.89. The van der Waals surface area contributed by atoms with E-state index in [1.54, 1.807) is 7.05 Å². The Morgan fingerprint density at radius 1 is 1.65 bits per heavy atom. The van der Waals surface area contributed by atoms with Gasteiger partial charge in [-0.05, 0) is 25.9 Å². The molecule has 0 spiro atoms. The molecule has 1 aliphatic rings. The molecule has 2 rings (SSSR count). The molecule has 1 saturated heterocycles. The fourth-order valence-electron chi connectivity index (χ4n) is 1.73. The second kappa shape index (κ2) is 5.74. The zero-order chi connectivity index (χ0) is 12.1. The third-order valence-corrected chi connectivity index (χ3v) is 2.70. The number of piperidine rings is 1. The molecule has 0 aromatic carbocycles. The van der Waals surface area contributed by atoms with Crippen molar-refractivity contribution in [2.75, 3.05) is 25.0 Å². The van der Waals surface area contributed by atoms with E-state index in [0.29, 0.717) is 5.95 Å². The summed E-state index contributed by atoms with van der Waals surface area (Å²) >= 11 is 0. The Labute approximate surface area is 99.5 Å². The van der Waals surface area contributed by atoms with Crippen LogP contribution in [0.5, 0.6) is 0 Å². The number of hydrogen-bond donors (Lipinski definition) is 2. The Morgan fingerprint density at radius 3 is 3.06 bits per heavy atom. The number of ether oxygens (including phenoxy) is 1. The van der Waals surface area contributed by atoms with Crippen molar-refractivity contribution in [1.29, 1.82) is 0 Å². The van der Waals surface area contributed by atoms with Crippen LogP contribution in [0.15, 0.2) is 6.33 Å². The van der Waals surface area contributed by atoms with Gasteiger partial charge in [0.1, 0.15) is 12.9 Å². The topological polar surface area (TPSA) is 81.1 Å². The maximum Gasteiger partial charge on any atom is 0.252 e. The molecule has 7 heteroatoms. The van der Waals surface area contributed by atoms with Gasteiger partial charge in [0.15, 0.2) is 0 Å². The van der Waals surface area contributed by atoms with Gasteiger partial charge in [0.25, 0.3) is 5.91 Å². The molecule has 2 N–H and O–H groups in total. The van der Waals surface area contributed by atoms with Crippen molar-refractivity contribution in [2.24, 2.45) is 7.05 Å². The van der Waals surface area contributed by atoms with Crippen molar-refractivity contribution < 1.29 is 9.53 Å². The number of aryl methyl sites for hydroxylation is 1. The van der Waals surface area contributed by atoms with Crippen LogP contribution in [0.4, 0.5) is 5.95 Å². The summed E-state index contributed by atoms with van der Waals surface area (Å²) < 4.78 is 7.03. The molecule has 94 valence electrons. The number of carbonyl (C=O) groups excluding carboxylic acids is 1. The molecule has 7 nitrogen and oxygen atoms in total. The minimum Gasteiger partial charge on any atom is -0.368 e. The second-order valence-electron chi connectivity index (χ2n) is 4.02. The highest BCUT2D eigenvalue weighted by Crippen LogP contribution is 2.07.